The first-order valence-corrected chi connectivity index (χ1v) is 11.9. The van der Waals surface area contributed by atoms with Crippen LogP contribution >= 0.6 is 11.6 Å². The normalized spacial score (nSPS) is 12.2. The van der Waals surface area contributed by atoms with Crippen molar-refractivity contribution in [2.24, 2.45) is 0 Å². The van der Waals surface area contributed by atoms with E-state index in [-0.39, 0.29) is 28.2 Å². The summed E-state index contributed by atoms with van der Waals surface area (Å²) in [6.07, 6.45) is 0. The minimum atomic E-state index is -3.80. The Morgan fingerprint density at radius 3 is 2.44 bits per heavy atom. The molecule has 0 saturated carbocycles. The van der Waals surface area contributed by atoms with Gasteiger partial charge in [-0.3, -0.25) is 4.79 Å². The number of aryl methyl sites for hydroxylation is 1. The lowest BCUT2D eigenvalue weighted by atomic mass is 10.1. The molecule has 0 bridgehead atoms. The molecule has 6 nitrogen and oxygen atoms in total. The molecule has 3 aromatic carbocycles. The fourth-order valence-electron chi connectivity index (χ4n) is 3.09. The number of benzene rings is 3. The summed E-state index contributed by atoms with van der Waals surface area (Å²) in [4.78, 5) is 12.3. The number of anilines is 1. The molecule has 1 amide bonds. The lowest BCUT2D eigenvalue weighted by Gasteiger charge is -2.15. The summed E-state index contributed by atoms with van der Waals surface area (Å²) in [6.45, 7) is 5.39. The SMILES string of the molecule is Cc1cccc(NC(=O)COc2ccc(S(=O)(=O)N[C@H](C)c3ccccc3)cc2Cl)c1C. The molecule has 168 valence electrons. The summed E-state index contributed by atoms with van der Waals surface area (Å²) in [5, 5.41) is 2.90. The van der Waals surface area contributed by atoms with Crippen molar-refractivity contribution in [2.75, 3.05) is 11.9 Å². The second-order valence-corrected chi connectivity index (χ2v) is 9.55. The molecule has 0 spiro atoms. The van der Waals surface area contributed by atoms with E-state index >= 15 is 0 Å². The zero-order valence-electron chi connectivity index (χ0n) is 18.1. The van der Waals surface area contributed by atoms with E-state index in [4.69, 9.17) is 16.3 Å². The smallest absolute Gasteiger partial charge is 0.262 e. The highest BCUT2D eigenvalue weighted by Crippen LogP contribution is 2.28. The van der Waals surface area contributed by atoms with Crippen molar-refractivity contribution >= 4 is 33.2 Å². The number of hydrogen-bond acceptors (Lipinski definition) is 4. The topological polar surface area (TPSA) is 84.5 Å². The predicted molar refractivity (Wildman–Crippen MR) is 127 cm³/mol. The first-order valence-electron chi connectivity index (χ1n) is 10.0. The molecule has 0 heterocycles. The number of nitrogens with one attached hydrogen (secondary N) is 2. The van der Waals surface area contributed by atoms with Crippen molar-refractivity contribution in [3.8, 4) is 5.75 Å². The number of amides is 1. The molecule has 0 aliphatic rings. The van der Waals surface area contributed by atoms with Gasteiger partial charge in [-0.25, -0.2) is 13.1 Å². The van der Waals surface area contributed by atoms with Crippen LogP contribution in [0.1, 0.15) is 29.7 Å². The van der Waals surface area contributed by atoms with Gasteiger partial charge in [0.15, 0.2) is 6.61 Å². The molecule has 0 aromatic heterocycles. The molecule has 0 unspecified atom stereocenters. The Kier molecular flexibility index (Phi) is 7.56. The summed E-state index contributed by atoms with van der Waals surface area (Å²) in [5.74, 6) is -0.123. The summed E-state index contributed by atoms with van der Waals surface area (Å²) in [7, 11) is -3.80. The number of halogens is 1. The molecule has 2 N–H and O–H groups in total. The van der Waals surface area contributed by atoms with Gasteiger partial charge in [0.2, 0.25) is 10.0 Å². The minimum Gasteiger partial charge on any atom is -0.482 e. The Morgan fingerprint density at radius 1 is 1.03 bits per heavy atom. The van der Waals surface area contributed by atoms with Gasteiger partial charge in [0, 0.05) is 11.7 Å². The molecule has 0 aliphatic carbocycles. The lowest BCUT2D eigenvalue weighted by Crippen LogP contribution is -2.27. The lowest BCUT2D eigenvalue weighted by molar-refractivity contribution is -0.118. The van der Waals surface area contributed by atoms with E-state index in [9.17, 15) is 13.2 Å². The minimum absolute atomic E-state index is 0.0115. The van der Waals surface area contributed by atoms with Crippen molar-refractivity contribution in [2.45, 2.75) is 31.7 Å². The Bertz CT molecular complexity index is 1210. The predicted octanol–water partition coefficient (Wildman–Crippen LogP) is 5.01. The molecule has 0 aliphatic heterocycles. The van der Waals surface area contributed by atoms with Crippen LogP contribution < -0.4 is 14.8 Å². The average Bonchev–Trinajstić information content (AvgIpc) is 2.76. The van der Waals surface area contributed by atoms with E-state index in [1.807, 2.05) is 62.4 Å². The second-order valence-electron chi connectivity index (χ2n) is 7.43. The van der Waals surface area contributed by atoms with Crippen LogP contribution in [0.5, 0.6) is 5.75 Å². The van der Waals surface area contributed by atoms with E-state index < -0.39 is 16.1 Å². The van der Waals surface area contributed by atoms with Crippen molar-refractivity contribution in [1.82, 2.24) is 4.72 Å². The highest BCUT2D eigenvalue weighted by atomic mass is 35.5. The second kappa shape index (κ2) is 10.2. The molecule has 32 heavy (non-hydrogen) atoms. The maximum atomic E-state index is 12.7. The molecule has 1 atom stereocenters. The molecule has 3 aromatic rings. The third kappa shape index (κ3) is 5.88. The van der Waals surface area contributed by atoms with Gasteiger partial charge in [0.25, 0.3) is 5.91 Å². The monoisotopic (exact) mass is 472 g/mol. The zero-order chi connectivity index (χ0) is 23.3. The van der Waals surface area contributed by atoms with Gasteiger partial charge in [-0.2, -0.15) is 0 Å². The van der Waals surface area contributed by atoms with Crippen LogP contribution in [-0.4, -0.2) is 20.9 Å². The standard InChI is InChI=1S/C24H25ClN2O4S/c1-16-8-7-11-22(17(16)2)26-24(28)15-31-23-13-12-20(14-21(23)25)32(29,30)27-18(3)19-9-5-4-6-10-19/h4-14,18,27H,15H2,1-3H3,(H,26,28)/t18-/m1/s1. The maximum Gasteiger partial charge on any atom is 0.262 e. The summed E-state index contributed by atoms with van der Waals surface area (Å²) in [6, 6.07) is 18.6. The summed E-state index contributed by atoms with van der Waals surface area (Å²) < 4.78 is 33.6. The van der Waals surface area contributed by atoms with E-state index in [1.165, 1.54) is 18.2 Å². The van der Waals surface area contributed by atoms with Crippen LogP contribution in [0.4, 0.5) is 5.69 Å². The van der Waals surface area contributed by atoms with Crippen molar-refractivity contribution in [3.63, 3.8) is 0 Å². The maximum absolute atomic E-state index is 12.7. The van der Waals surface area contributed by atoms with Crippen LogP contribution in [0, 0.1) is 13.8 Å². The molecule has 0 fully saturated rings. The van der Waals surface area contributed by atoms with Crippen LogP contribution in [0.15, 0.2) is 71.6 Å². The number of ether oxygens (including phenoxy) is 1. The van der Waals surface area contributed by atoms with Crippen LogP contribution in [0.3, 0.4) is 0 Å². The fraction of sp³-hybridized carbons (Fsp3) is 0.208. The van der Waals surface area contributed by atoms with E-state index in [2.05, 4.69) is 10.0 Å². The van der Waals surface area contributed by atoms with Gasteiger partial charge in [0.1, 0.15) is 5.75 Å². The highest BCUT2D eigenvalue weighted by Gasteiger charge is 2.20. The first kappa shape index (κ1) is 23.8. The zero-order valence-corrected chi connectivity index (χ0v) is 19.6. The number of carbonyl (C=O) groups excluding carboxylic acids is 1. The number of rotatable bonds is 8. The van der Waals surface area contributed by atoms with Gasteiger partial charge < -0.3 is 10.1 Å². The Morgan fingerprint density at radius 2 is 1.75 bits per heavy atom. The van der Waals surface area contributed by atoms with Crippen LogP contribution in [-0.2, 0) is 14.8 Å². The molecule has 0 radical (unpaired) electrons. The molecule has 0 saturated heterocycles. The van der Waals surface area contributed by atoms with E-state index in [0.29, 0.717) is 5.69 Å². The van der Waals surface area contributed by atoms with Crippen molar-refractivity contribution < 1.29 is 17.9 Å². The molecule has 3 rings (SSSR count). The number of hydrogen-bond donors (Lipinski definition) is 2. The van der Waals surface area contributed by atoms with Crippen molar-refractivity contribution in [1.29, 1.82) is 0 Å². The summed E-state index contributed by atoms with van der Waals surface area (Å²) >= 11 is 6.23. The largest absolute Gasteiger partial charge is 0.482 e. The van der Waals surface area contributed by atoms with Crippen molar-refractivity contribution in [3.05, 3.63) is 88.4 Å². The number of sulfonamides is 1. The third-order valence-electron chi connectivity index (χ3n) is 5.08. The van der Waals surface area contributed by atoms with E-state index in [1.54, 1.807) is 6.92 Å². The van der Waals surface area contributed by atoms with Gasteiger partial charge in [-0.05, 0) is 61.7 Å². The summed E-state index contributed by atoms with van der Waals surface area (Å²) in [5.41, 5.74) is 3.60. The molecule has 8 heteroatoms. The quantitative estimate of drug-likeness (QED) is 0.482. The van der Waals surface area contributed by atoms with Crippen LogP contribution in [0.25, 0.3) is 0 Å². The van der Waals surface area contributed by atoms with Gasteiger partial charge in [-0.15, -0.1) is 0 Å². The van der Waals surface area contributed by atoms with Gasteiger partial charge >= 0.3 is 0 Å². The first-order chi connectivity index (χ1) is 15.2. The Hall–Kier alpha value is -2.87. The molecular formula is C24H25ClN2O4S. The average molecular weight is 473 g/mol. The Balaban J connectivity index is 1.64. The van der Waals surface area contributed by atoms with E-state index in [0.717, 1.165) is 16.7 Å². The molecular weight excluding hydrogens is 448 g/mol. The Labute approximate surface area is 193 Å². The van der Waals surface area contributed by atoms with Gasteiger partial charge in [-0.1, -0.05) is 54.1 Å². The van der Waals surface area contributed by atoms with Gasteiger partial charge in [0.05, 0.1) is 9.92 Å². The number of carbonyl (C=O) groups is 1. The van der Waals surface area contributed by atoms with Crippen LogP contribution in [0.2, 0.25) is 5.02 Å². The highest BCUT2D eigenvalue weighted by molar-refractivity contribution is 7.89. The fourth-order valence-corrected chi connectivity index (χ4v) is 4.65. The third-order valence-corrected chi connectivity index (χ3v) is 6.92.